The molecule has 0 fully saturated rings. The summed E-state index contributed by atoms with van der Waals surface area (Å²) in [5.74, 6) is 5.45. The smallest absolute Gasteiger partial charge is 0.408 e. The molecular formula is C15H18N2O5. The molecule has 0 heterocycles. The number of amides is 1. The lowest BCUT2D eigenvalue weighted by Crippen LogP contribution is -2.32. The first-order valence-corrected chi connectivity index (χ1v) is 6.57. The van der Waals surface area contributed by atoms with Gasteiger partial charge in [-0.25, -0.2) is 4.79 Å². The van der Waals surface area contributed by atoms with Gasteiger partial charge < -0.3 is 15.2 Å². The average molecular weight is 306 g/mol. The van der Waals surface area contributed by atoms with Crippen LogP contribution >= 0.6 is 0 Å². The van der Waals surface area contributed by atoms with Gasteiger partial charge in [-0.2, -0.15) is 0 Å². The number of alkyl carbamates (subject to hydrolysis) is 1. The van der Waals surface area contributed by atoms with Gasteiger partial charge in [0.2, 0.25) is 0 Å². The highest BCUT2D eigenvalue weighted by atomic mass is 16.6. The van der Waals surface area contributed by atoms with Crippen LogP contribution in [0.25, 0.3) is 0 Å². The second kappa shape index (κ2) is 7.43. The number of nitro groups is 1. The predicted octanol–water partition coefficient (Wildman–Crippen LogP) is 1.96. The number of hydrogen-bond donors (Lipinski definition) is 2. The molecule has 7 nitrogen and oxygen atoms in total. The van der Waals surface area contributed by atoms with Gasteiger partial charge in [0.15, 0.2) is 0 Å². The Morgan fingerprint density at radius 1 is 1.45 bits per heavy atom. The van der Waals surface area contributed by atoms with Crippen LogP contribution in [0.5, 0.6) is 0 Å². The van der Waals surface area contributed by atoms with Gasteiger partial charge in [-0.05, 0) is 32.9 Å². The predicted molar refractivity (Wildman–Crippen MR) is 80.1 cm³/mol. The lowest BCUT2D eigenvalue weighted by molar-refractivity contribution is -0.385. The quantitative estimate of drug-likeness (QED) is 0.505. The fourth-order valence-electron chi connectivity index (χ4n) is 1.54. The van der Waals surface area contributed by atoms with Crippen molar-refractivity contribution in [3.05, 3.63) is 39.4 Å². The molecular weight excluding hydrogens is 288 g/mol. The lowest BCUT2D eigenvalue weighted by atomic mass is 10.1. The van der Waals surface area contributed by atoms with Crippen LogP contribution in [0.2, 0.25) is 0 Å². The fraction of sp³-hybridized carbons (Fsp3) is 0.400. The van der Waals surface area contributed by atoms with Crippen LogP contribution in [0.4, 0.5) is 10.5 Å². The van der Waals surface area contributed by atoms with Gasteiger partial charge in [-0.1, -0.05) is 11.8 Å². The zero-order valence-electron chi connectivity index (χ0n) is 12.7. The van der Waals surface area contributed by atoms with E-state index in [1.54, 1.807) is 20.8 Å². The van der Waals surface area contributed by atoms with E-state index in [2.05, 4.69) is 17.2 Å². The molecule has 0 saturated heterocycles. The van der Waals surface area contributed by atoms with Crippen molar-refractivity contribution in [1.29, 1.82) is 0 Å². The average Bonchev–Trinajstić information content (AvgIpc) is 2.41. The van der Waals surface area contributed by atoms with E-state index in [9.17, 15) is 14.9 Å². The van der Waals surface area contributed by atoms with E-state index in [1.165, 1.54) is 18.2 Å². The summed E-state index contributed by atoms with van der Waals surface area (Å²) in [6.45, 7) is 4.91. The standard InChI is InChI=1S/C15H18N2O5/c1-15(2,3)22-14(19)16-8-4-5-11-6-7-13(17(20)21)12(9-11)10-18/h6-7,9,18H,8,10H2,1-3H3,(H,16,19). The molecule has 0 spiro atoms. The second-order valence-electron chi connectivity index (χ2n) is 5.42. The van der Waals surface area contributed by atoms with E-state index in [-0.39, 0.29) is 17.8 Å². The number of rotatable bonds is 3. The molecule has 0 atom stereocenters. The number of ether oxygens (including phenoxy) is 1. The minimum absolute atomic E-state index is 0.0837. The van der Waals surface area contributed by atoms with E-state index in [0.717, 1.165) is 0 Å². The third-order valence-electron chi connectivity index (χ3n) is 2.40. The van der Waals surface area contributed by atoms with Gasteiger partial charge in [0.25, 0.3) is 5.69 Å². The molecule has 0 aliphatic carbocycles. The van der Waals surface area contributed by atoms with E-state index in [4.69, 9.17) is 9.84 Å². The highest BCUT2D eigenvalue weighted by Gasteiger charge is 2.15. The molecule has 2 N–H and O–H groups in total. The fourth-order valence-corrected chi connectivity index (χ4v) is 1.54. The number of aliphatic hydroxyl groups is 1. The summed E-state index contributed by atoms with van der Waals surface area (Å²) in [5.41, 5.74) is -0.0243. The molecule has 0 aliphatic rings. The van der Waals surface area contributed by atoms with Gasteiger partial charge in [0, 0.05) is 11.6 Å². The summed E-state index contributed by atoms with van der Waals surface area (Å²) in [6.07, 6.45) is -0.568. The topological polar surface area (TPSA) is 102 Å². The number of hydrogen-bond acceptors (Lipinski definition) is 5. The SMILES string of the molecule is CC(C)(C)OC(=O)NCC#Cc1ccc([N+](=O)[O-])c(CO)c1. The minimum atomic E-state index is -0.577. The molecule has 0 unspecified atom stereocenters. The number of benzene rings is 1. The molecule has 0 aliphatic heterocycles. The van der Waals surface area contributed by atoms with E-state index in [0.29, 0.717) is 5.56 Å². The van der Waals surface area contributed by atoms with Crippen LogP contribution in [0.3, 0.4) is 0 Å². The summed E-state index contributed by atoms with van der Waals surface area (Å²) in [4.78, 5) is 21.6. The van der Waals surface area contributed by atoms with E-state index >= 15 is 0 Å². The Morgan fingerprint density at radius 2 is 2.14 bits per heavy atom. The zero-order chi connectivity index (χ0) is 16.8. The van der Waals surface area contributed by atoms with Crippen LogP contribution in [0.15, 0.2) is 18.2 Å². The Hall–Kier alpha value is -2.59. The summed E-state index contributed by atoms with van der Waals surface area (Å²) in [5, 5.41) is 22.3. The molecule has 22 heavy (non-hydrogen) atoms. The molecule has 0 saturated carbocycles. The summed E-state index contributed by atoms with van der Waals surface area (Å²) < 4.78 is 5.04. The van der Waals surface area contributed by atoms with Gasteiger partial charge in [0.05, 0.1) is 23.6 Å². The summed E-state index contributed by atoms with van der Waals surface area (Å²) in [7, 11) is 0. The number of carbonyl (C=O) groups is 1. The Labute approximate surface area is 128 Å². The monoisotopic (exact) mass is 306 g/mol. The Kier molecular flexibility index (Phi) is 5.90. The van der Waals surface area contributed by atoms with Crippen molar-refractivity contribution in [2.45, 2.75) is 33.0 Å². The van der Waals surface area contributed by atoms with E-state index in [1.807, 2.05) is 0 Å². The molecule has 1 amide bonds. The van der Waals surface area contributed by atoms with Crippen molar-refractivity contribution in [2.24, 2.45) is 0 Å². The van der Waals surface area contributed by atoms with Crippen LogP contribution in [-0.4, -0.2) is 28.3 Å². The normalized spacial score (nSPS) is 10.4. The van der Waals surface area contributed by atoms with E-state index < -0.39 is 23.2 Å². The van der Waals surface area contributed by atoms with Crippen molar-refractivity contribution in [2.75, 3.05) is 6.54 Å². The Balaban J connectivity index is 2.66. The van der Waals surface area contributed by atoms with Gasteiger partial charge >= 0.3 is 6.09 Å². The molecule has 1 aromatic carbocycles. The van der Waals surface area contributed by atoms with Crippen molar-refractivity contribution in [3.8, 4) is 11.8 Å². The maximum atomic E-state index is 11.4. The number of nitrogens with one attached hydrogen (secondary N) is 1. The Morgan fingerprint density at radius 3 is 2.68 bits per heavy atom. The van der Waals surface area contributed by atoms with Gasteiger partial charge in [0.1, 0.15) is 5.60 Å². The number of carbonyl (C=O) groups excluding carboxylic acids is 1. The van der Waals surface area contributed by atoms with Gasteiger partial charge in [-0.3, -0.25) is 10.1 Å². The number of aliphatic hydroxyl groups excluding tert-OH is 1. The molecule has 7 heteroatoms. The molecule has 1 rings (SSSR count). The highest BCUT2D eigenvalue weighted by molar-refractivity contribution is 5.68. The molecule has 118 valence electrons. The van der Waals surface area contributed by atoms with Crippen molar-refractivity contribution in [3.63, 3.8) is 0 Å². The zero-order valence-corrected chi connectivity index (χ0v) is 12.7. The van der Waals surface area contributed by atoms with Crippen molar-refractivity contribution >= 4 is 11.8 Å². The largest absolute Gasteiger partial charge is 0.444 e. The van der Waals surface area contributed by atoms with Crippen molar-refractivity contribution < 1.29 is 19.6 Å². The summed E-state index contributed by atoms with van der Waals surface area (Å²) >= 11 is 0. The molecule has 0 radical (unpaired) electrons. The maximum Gasteiger partial charge on any atom is 0.408 e. The molecule has 0 aromatic heterocycles. The minimum Gasteiger partial charge on any atom is -0.444 e. The third kappa shape index (κ3) is 5.81. The first-order valence-electron chi connectivity index (χ1n) is 6.57. The second-order valence-corrected chi connectivity index (χ2v) is 5.42. The van der Waals surface area contributed by atoms with Crippen LogP contribution in [-0.2, 0) is 11.3 Å². The highest BCUT2D eigenvalue weighted by Crippen LogP contribution is 2.19. The van der Waals surface area contributed by atoms with Crippen LogP contribution < -0.4 is 5.32 Å². The van der Waals surface area contributed by atoms with Crippen LogP contribution in [0.1, 0.15) is 31.9 Å². The molecule has 1 aromatic rings. The first kappa shape index (κ1) is 17.5. The first-order chi connectivity index (χ1) is 10.2. The lowest BCUT2D eigenvalue weighted by Gasteiger charge is -2.18. The van der Waals surface area contributed by atoms with Gasteiger partial charge in [-0.15, -0.1) is 0 Å². The number of nitro benzene ring substituents is 1. The van der Waals surface area contributed by atoms with Crippen molar-refractivity contribution in [1.82, 2.24) is 5.32 Å². The number of nitrogens with zero attached hydrogens (tertiary/aromatic N) is 1. The Bertz CT molecular complexity index is 623. The third-order valence-corrected chi connectivity index (χ3v) is 2.40. The summed E-state index contributed by atoms with van der Waals surface area (Å²) in [6, 6.07) is 4.22. The maximum absolute atomic E-state index is 11.4. The van der Waals surface area contributed by atoms with Crippen LogP contribution in [0, 0.1) is 22.0 Å². The molecule has 0 bridgehead atoms.